The van der Waals surface area contributed by atoms with Crippen molar-refractivity contribution in [3.63, 3.8) is 0 Å². The Morgan fingerprint density at radius 1 is 1.29 bits per heavy atom. The van der Waals surface area contributed by atoms with Crippen LogP contribution in [0.25, 0.3) is 0 Å². The number of hydrogen-bond acceptors (Lipinski definition) is 2. The van der Waals surface area contributed by atoms with Crippen LogP contribution in [0, 0.1) is 5.41 Å². The van der Waals surface area contributed by atoms with Crippen LogP contribution >= 0.6 is 11.6 Å². The highest BCUT2D eigenvalue weighted by molar-refractivity contribution is 6.30. The van der Waals surface area contributed by atoms with Crippen molar-refractivity contribution < 1.29 is 4.79 Å². The van der Waals surface area contributed by atoms with Gasteiger partial charge in [0.25, 0.3) is 0 Å². The molecule has 3 nitrogen and oxygen atoms in total. The lowest BCUT2D eigenvalue weighted by Gasteiger charge is -2.36. The summed E-state index contributed by atoms with van der Waals surface area (Å²) in [6.45, 7) is 2.60. The second kappa shape index (κ2) is 7.28. The van der Waals surface area contributed by atoms with Gasteiger partial charge >= 0.3 is 0 Å². The number of nitrogens with two attached hydrogens (primary N) is 1. The van der Waals surface area contributed by atoms with Crippen LogP contribution in [0.5, 0.6) is 0 Å². The predicted molar refractivity (Wildman–Crippen MR) is 87.2 cm³/mol. The highest BCUT2D eigenvalue weighted by Crippen LogP contribution is 2.38. The van der Waals surface area contributed by atoms with E-state index in [4.69, 9.17) is 17.3 Å². The first kappa shape index (κ1) is 16.3. The number of amides is 1. The lowest BCUT2D eigenvalue weighted by molar-refractivity contribution is -0.124. The Morgan fingerprint density at radius 3 is 2.48 bits per heavy atom. The van der Waals surface area contributed by atoms with E-state index in [-0.39, 0.29) is 17.4 Å². The monoisotopic (exact) mass is 308 g/mol. The second-order valence-corrected chi connectivity index (χ2v) is 6.72. The van der Waals surface area contributed by atoms with Crippen molar-refractivity contribution in [2.45, 2.75) is 51.5 Å². The molecule has 1 aliphatic carbocycles. The quantitative estimate of drug-likeness (QED) is 0.869. The Balaban J connectivity index is 1.92. The molecule has 0 radical (unpaired) electrons. The van der Waals surface area contributed by atoms with Crippen molar-refractivity contribution in [2.75, 3.05) is 6.54 Å². The van der Waals surface area contributed by atoms with Crippen LogP contribution < -0.4 is 11.1 Å². The third kappa shape index (κ3) is 4.45. The SMILES string of the molecule is CC(NC(=O)CC1(CN)CCCCC1)c1ccc(Cl)cc1. The fourth-order valence-corrected chi connectivity index (χ4v) is 3.35. The zero-order chi connectivity index (χ0) is 15.3. The van der Waals surface area contributed by atoms with Gasteiger partial charge in [0.15, 0.2) is 0 Å². The van der Waals surface area contributed by atoms with Crippen molar-refractivity contribution in [1.29, 1.82) is 0 Å². The van der Waals surface area contributed by atoms with Gasteiger partial charge in [-0.3, -0.25) is 4.79 Å². The largest absolute Gasteiger partial charge is 0.350 e. The molecule has 0 saturated heterocycles. The van der Waals surface area contributed by atoms with Crippen LogP contribution in [0.4, 0.5) is 0 Å². The highest BCUT2D eigenvalue weighted by Gasteiger charge is 2.33. The van der Waals surface area contributed by atoms with Gasteiger partial charge in [-0.2, -0.15) is 0 Å². The van der Waals surface area contributed by atoms with Crippen molar-refractivity contribution >= 4 is 17.5 Å². The summed E-state index contributed by atoms with van der Waals surface area (Å²) < 4.78 is 0. The number of carbonyl (C=O) groups is 1. The Bertz CT molecular complexity index is 466. The fraction of sp³-hybridized carbons (Fsp3) is 0.588. The van der Waals surface area contributed by atoms with Gasteiger partial charge in [0.2, 0.25) is 5.91 Å². The Morgan fingerprint density at radius 2 is 1.90 bits per heavy atom. The summed E-state index contributed by atoms with van der Waals surface area (Å²) in [7, 11) is 0. The maximum absolute atomic E-state index is 12.3. The molecule has 1 fully saturated rings. The van der Waals surface area contributed by atoms with Crippen LogP contribution in [-0.2, 0) is 4.79 Å². The Hall–Kier alpha value is -1.06. The van der Waals surface area contributed by atoms with E-state index in [1.807, 2.05) is 31.2 Å². The molecule has 1 saturated carbocycles. The molecule has 1 aliphatic rings. The van der Waals surface area contributed by atoms with E-state index in [9.17, 15) is 4.79 Å². The average molecular weight is 309 g/mol. The molecule has 4 heteroatoms. The fourth-order valence-electron chi connectivity index (χ4n) is 3.22. The van der Waals surface area contributed by atoms with Gasteiger partial charge < -0.3 is 11.1 Å². The van der Waals surface area contributed by atoms with Crippen LogP contribution in [-0.4, -0.2) is 12.5 Å². The number of rotatable bonds is 5. The Labute approximate surface area is 132 Å². The Kier molecular flexibility index (Phi) is 5.65. The summed E-state index contributed by atoms with van der Waals surface area (Å²) in [5, 5.41) is 3.79. The first-order valence-electron chi connectivity index (χ1n) is 7.80. The van der Waals surface area contributed by atoms with Crippen LogP contribution in [0.3, 0.4) is 0 Å². The van der Waals surface area contributed by atoms with Crippen molar-refractivity contribution in [1.82, 2.24) is 5.32 Å². The molecule has 0 aliphatic heterocycles. The summed E-state index contributed by atoms with van der Waals surface area (Å²) >= 11 is 5.89. The zero-order valence-corrected chi connectivity index (χ0v) is 13.5. The molecule has 3 N–H and O–H groups in total. The summed E-state index contributed by atoms with van der Waals surface area (Å²) in [6, 6.07) is 7.59. The minimum Gasteiger partial charge on any atom is -0.350 e. The molecule has 1 aromatic rings. The summed E-state index contributed by atoms with van der Waals surface area (Å²) in [5.74, 6) is 0.102. The molecule has 0 aromatic heterocycles. The molecule has 2 rings (SSSR count). The summed E-state index contributed by atoms with van der Waals surface area (Å²) in [4.78, 5) is 12.3. The standard InChI is InChI=1S/C17H25ClN2O/c1-13(14-5-7-15(18)8-6-14)20-16(21)11-17(12-19)9-3-2-4-10-17/h5-8,13H,2-4,9-12,19H2,1H3,(H,20,21). The number of hydrogen-bond donors (Lipinski definition) is 2. The van der Waals surface area contributed by atoms with E-state index in [2.05, 4.69) is 5.32 Å². The third-order valence-corrected chi connectivity index (χ3v) is 4.88. The lowest BCUT2D eigenvalue weighted by atomic mass is 9.71. The third-order valence-electron chi connectivity index (χ3n) is 4.63. The van der Waals surface area contributed by atoms with E-state index in [0.717, 1.165) is 18.4 Å². The molecule has 0 spiro atoms. The number of halogens is 1. The normalized spacial score (nSPS) is 19.0. The maximum atomic E-state index is 12.3. The lowest BCUT2D eigenvalue weighted by Crippen LogP contribution is -2.39. The molecule has 21 heavy (non-hydrogen) atoms. The number of benzene rings is 1. The van der Waals surface area contributed by atoms with E-state index >= 15 is 0 Å². The van der Waals surface area contributed by atoms with Gasteiger partial charge in [0, 0.05) is 11.4 Å². The van der Waals surface area contributed by atoms with Crippen LogP contribution in [0.2, 0.25) is 5.02 Å². The molecule has 1 amide bonds. The van der Waals surface area contributed by atoms with E-state index in [1.54, 1.807) is 0 Å². The van der Waals surface area contributed by atoms with Gasteiger partial charge in [0.1, 0.15) is 0 Å². The van der Waals surface area contributed by atoms with E-state index in [1.165, 1.54) is 19.3 Å². The van der Waals surface area contributed by atoms with Crippen molar-refractivity contribution in [3.05, 3.63) is 34.9 Å². The van der Waals surface area contributed by atoms with E-state index < -0.39 is 0 Å². The zero-order valence-electron chi connectivity index (χ0n) is 12.7. The molecule has 1 aromatic carbocycles. The van der Waals surface area contributed by atoms with Gasteiger partial charge in [-0.25, -0.2) is 0 Å². The first-order valence-corrected chi connectivity index (χ1v) is 8.17. The van der Waals surface area contributed by atoms with Gasteiger partial charge in [0.05, 0.1) is 6.04 Å². The number of carbonyl (C=O) groups excluding carboxylic acids is 1. The van der Waals surface area contributed by atoms with Gasteiger partial charge in [-0.05, 0) is 49.4 Å². The summed E-state index contributed by atoms with van der Waals surface area (Å²) in [6.07, 6.45) is 6.35. The first-order chi connectivity index (χ1) is 10.0. The minimum atomic E-state index is -0.00631. The molecule has 0 bridgehead atoms. The molecule has 116 valence electrons. The maximum Gasteiger partial charge on any atom is 0.221 e. The van der Waals surface area contributed by atoms with Gasteiger partial charge in [-0.15, -0.1) is 0 Å². The second-order valence-electron chi connectivity index (χ2n) is 6.28. The molecule has 0 heterocycles. The molecule has 1 atom stereocenters. The molecular formula is C17H25ClN2O. The number of nitrogens with one attached hydrogen (secondary N) is 1. The topological polar surface area (TPSA) is 55.1 Å². The van der Waals surface area contributed by atoms with Crippen LogP contribution in [0.1, 0.15) is 57.1 Å². The van der Waals surface area contributed by atoms with Crippen LogP contribution in [0.15, 0.2) is 24.3 Å². The highest BCUT2D eigenvalue weighted by atomic mass is 35.5. The average Bonchev–Trinajstić information content (AvgIpc) is 2.48. The molecular weight excluding hydrogens is 284 g/mol. The van der Waals surface area contributed by atoms with Crippen molar-refractivity contribution in [3.8, 4) is 0 Å². The van der Waals surface area contributed by atoms with Crippen molar-refractivity contribution in [2.24, 2.45) is 11.1 Å². The van der Waals surface area contributed by atoms with E-state index in [0.29, 0.717) is 18.0 Å². The summed E-state index contributed by atoms with van der Waals surface area (Å²) in [5.41, 5.74) is 7.03. The smallest absolute Gasteiger partial charge is 0.221 e. The van der Waals surface area contributed by atoms with Gasteiger partial charge in [-0.1, -0.05) is 43.0 Å². The molecule has 1 unspecified atom stereocenters. The predicted octanol–water partition coefficient (Wildman–Crippen LogP) is 3.82. The minimum absolute atomic E-state index is 0.00631.